The van der Waals surface area contributed by atoms with E-state index in [0.717, 1.165) is 0 Å². The van der Waals surface area contributed by atoms with Crippen LogP contribution in [-0.4, -0.2) is 35.6 Å². The Morgan fingerprint density at radius 3 is 2.00 bits per heavy atom. The standard InChI is InChI=1S/C7H8F5NO3/c8-6(9,3-4(14)15)1-2-13-5(16)7(10,11)12/h1-3H2,(H,13,16)(H,14,15). The molecule has 0 aromatic carbocycles. The van der Waals surface area contributed by atoms with Gasteiger partial charge < -0.3 is 10.4 Å². The summed E-state index contributed by atoms with van der Waals surface area (Å²) in [5, 5.41) is 9.25. The molecule has 2 N–H and O–H groups in total. The maximum atomic E-state index is 12.6. The van der Waals surface area contributed by atoms with Gasteiger partial charge in [0, 0.05) is 13.0 Å². The van der Waals surface area contributed by atoms with E-state index in [2.05, 4.69) is 0 Å². The van der Waals surface area contributed by atoms with Gasteiger partial charge in [0.25, 0.3) is 5.92 Å². The Balaban J connectivity index is 3.99. The average molecular weight is 249 g/mol. The summed E-state index contributed by atoms with van der Waals surface area (Å²) in [6, 6.07) is 0. The summed E-state index contributed by atoms with van der Waals surface area (Å²) >= 11 is 0. The maximum absolute atomic E-state index is 12.6. The van der Waals surface area contributed by atoms with Gasteiger partial charge >= 0.3 is 18.1 Å². The Kier molecular flexibility index (Phi) is 4.63. The van der Waals surface area contributed by atoms with Gasteiger partial charge in [-0.15, -0.1) is 0 Å². The zero-order valence-electron chi connectivity index (χ0n) is 7.77. The van der Waals surface area contributed by atoms with E-state index in [4.69, 9.17) is 5.11 Å². The maximum Gasteiger partial charge on any atom is 0.471 e. The van der Waals surface area contributed by atoms with E-state index < -0.39 is 43.4 Å². The predicted molar refractivity (Wildman–Crippen MR) is 40.9 cm³/mol. The number of carboxylic acid groups (broad SMARTS) is 1. The molecule has 0 heterocycles. The summed E-state index contributed by atoms with van der Waals surface area (Å²) in [6.45, 7) is -0.946. The third-order valence-corrected chi connectivity index (χ3v) is 1.44. The van der Waals surface area contributed by atoms with Crippen LogP contribution in [0.1, 0.15) is 12.8 Å². The van der Waals surface area contributed by atoms with Crippen LogP contribution < -0.4 is 5.32 Å². The highest BCUT2D eigenvalue weighted by molar-refractivity contribution is 5.81. The number of carbonyl (C=O) groups excluding carboxylic acids is 1. The number of amides is 1. The molecule has 0 aromatic heterocycles. The summed E-state index contributed by atoms with van der Waals surface area (Å²) in [7, 11) is 0. The predicted octanol–water partition coefficient (Wildman–Crippen LogP) is 1.17. The number of carboxylic acids is 1. The van der Waals surface area contributed by atoms with Crippen LogP contribution in [0.25, 0.3) is 0 Å². The molecule has 1 amide bonds. The van der Waals surface area contributed by atoms with Crippen molar-refractivity contribution >= 4 is 11.9 Å². The van der Waals surface area contributed by atoms with Crippen molar-refractivity contribution < 1.29 is 36.6 Å². The number of alkyl halides is 5. The van der Waals surface area contributed by atoms with E-state index in [1.165, 1.54) is 5.32 Å². The normalized spacial score (nSPS) is 12.3. The van der Waals surface area contributed by atoms with Crippen LogP contribution in [-0.2, 0) is 9.59 Å². The van der Waals surface area contributed by atoms with Crippen molar-refractivity contribution in [3.05, 3.63) is 0 Å². The molecule has 0 aliphatic rings. The minimum absolute atomic E-state index is 0.946. The lowest BCUT2D eigenvalue weighted by Crippen LogP contribution is -2.39. The summed E-state index contributed by atoms with van der Waals surface area (Å²) in [4.78, 5) is 20.1. The molecule has 0 fully saturated rings. The molecule has 0 spiro atoms. The van der Waals surface area contributed by atoms with Crippen molar-refractivity contribution in [2.45, 2.75) is 24.9 Å². The van der Waals surface area contributed by atoms with Gasteiger partial charge in [-0.2, -0.15) is 13.2 Å². The molecule has 94 valence electrons. The molecule has 0 rings (SSSR count). The summed E-state index contributed by atoms with van der Waals surface area (Å²) in [6.07, 6.45) is -7.79. The third-order valence-electron chi connectivity index (χ3n) is 1.44. The lowest BCUT2D eigenvalue weighted by molar-refractivity contribution is -0.173. The molecular formula is C7H8F5NO3. The van der Waals surface area contributed by atoms with Crippen molar-refractivity contribution in [3.8, 4) is 0 Å². The summed E-state index contributed by atoms with van der Waals surface area (Å²) in [5.74, 6) is -7.75. The van der Waals surface area contributed by atoms with Crippen LogP contribution in [0.3, 0.4) is 0 Å². The fourth-order valence-corrected chi connectivity index (χ4v) is 0.769. The molecule has 0 atom stereocenters. The Labute approximate surface area is 86.4 Å². The molecule has 0 unspecified atom stereocenters. The van der Waals surface area contributed by atoms with Crippen LogP contribution in [0.5, 0.6) is 0 Å². The van der Waals surface area contributed by atoms with E-state index in [-0.39, 0.29) is 0 Å². The number of hydrogen-bond acceptors (Lipinski definition) is 2. The number of rotatable bonds is 5. The molecule has 0 aliphatic heterocycles. The zero-order valence-corrected chi connectivity index (χ0v) is 7.77. The fourth-order valence-electron chi connectivity index (χ4n) is 0.769. The van der Waals surface area contributed by atoms with Crippen LogP contribution in [0.4, 0.5) is 22.0 Å². The van der Waals surface area contributed by atoms with Crippen molar-refractivity contribution in [1.29, 1.82) is 0 Å². The molecule has 9 heteroatoms. The molecule has 0 saturated carbocycles. The van der Waals surface area contributed by atoms with Crippen molar-refractivity contribution in [2.24, 2.45) is 0 Å². The number of hydrogen-bond donors (Lipinski definition) is 2. The van der Waals surface area contributed by atoms with Gasteiger partial charge in [0.15, 0.2) is 0 Å². The first kappa shape index (κ1) is 14.6. The van der Waals surface area contributed by atoms with Gasteiger partial charge in [-0.25, -0.2) is 8.78 Å². The monoisotopic (exact) mass is 249 g/mol. The number of halogens is 5. The number of aliphatic carboxylic acids is 1. The lowest BCUT2D eigenvalue weighted by Gasteiger charge is -2.14. The molecule has 0 bridgehead atoms. The molecule has 0 aliphatic carbocycles. The van der Waals surface area contributed by atoms with E-state index in [1.54, 1.807) is 0 Å². The third kappa shape index (κ3) is 6.14. The quantitative estimate of drug-likeness (QED) is 0.718. The minimum atomic E-state index is -5.14. The Bertz CT molecular complexity index is 276. The van der Waals surface area contributed by atoms with Crippen molar-refractivity contribution in [3.63, 3.8) is 0 Å². The first-order chi connectivity index (χ1) is 7.04. The minimum Gasteiger partial charge on any atom is -0.481 e. The van der Waals surface area contributed by atoms with Gasteiger partial charge in [0.2, 0.25) is 0 Å². The largest absolute Gasteiger partial charge is 0.481 e. The molecule has 0 saturated heterocycles. The molecule has 0 aromatic rings. The van der Waals surface area contributed by atoms with Crippen LogP contribution in [0.2, 0.25) is 0 Å². The lowest BCUT2D eigenvalue weighted by atomic mass is 10.1. The second-order valence-electron chi connectivity index (χ2n) is 2.93. The first-order valence-electron chi connectivity index (χ1n) is 3.99. The number of carbonyl (C=O) groups is 2. The van der Waals surface area contributed by atoms with Crippen molar-refractivity contribution in [2.75, 3.05) is 6.54 Å². The summed E-state index contributed by atoms with van der Waals surface area (Å²) < 4.78 is 60.0. The van der Waals surface area contributed by atoms with E-state index in [0.29, 0.717) is 0 Å². The van der Waals surface area contributed by atoms with Gasteiger partial charge in [-0.05, 0) is 0 Å². The van der Waals surface area contributed by atoms with Crippen LogP contribution in [0, 0.1) is 0 Å². The topological polar surface area (TPSA) is 66.4 Å². The zero-order chi connectivity index (χ0) is 13.0. The smallest absolute Gasteiger partial charge is 0.471 e. The Hall–Kier alpha value is -1.41. The fraction of sp³-hybridized carbons (Fsp3) is 0.714. The first-order valence-corrected chi connectivity index (χ1v) is 3.99. The van der Waals surface area contributed by atoms with Gasteiger partial charge in [0.05, 0.1) is 0 Å². The highest BCUT2D eigenvalue weighted by atomic mass is 19.4. The Morgan fingerprint density at radius 1 is 1.12 bits per heavy atom. The highest BCUT2D eigenvalue weighted by Gasteiger charge is 2.39. The van der Waals surface area contributed by atoms with Crippen LogP contribution >= 0.6 is 0 Å². The average Bonchev–Trinajstić information content (AvgIpc) is 1.98. The van der Waals surface area contributed by atoms with Gasteiger partial charge in [-0.3, -0.25) is 9.59 Å². The summed E-state index contributed by atoms with van der Waals surface area (Å²) in [5.41, 5.74) is 0. The second-order valence-corrected chi connectivity index (χ2v) is 2.93. The van der Waals surface area contributed by atoms with E-state index in [1.807, 2.05) is 0 Å². The highest BCUT2D eigenvalue weighted by Crippen LogP contribution is 2.22. The van der Waals surface area contributed by atoms with Gasteiger partial charge in [0.1, 0.15) is 6.42 Å². The van der Waals surface area contributed by atoms with E-state index in [9.17, 15) is 31.5 Å². The SMILES string of the molecule is O=C(O)CC(F)(F)CCNC(=O)C(F)(F)F. The molecule has 0 radical (unpaired) electrons. The molecule has 16 heavy (non-hydrogen) atoms. The molecular weight excluding hydrogens is 241 g/mol. The Morgan fingerprint density at radius 2 is 1.62 bits per heavy atom. The van der Waals surface area contributed by atoms with Crippen molar-refractivity contribution in [1.82, 2.24) is 5.32 Å². The second kappa shape index (κ2) is 5.08. The van der Waals surface area contributed by atoms with Crippen LogP contribution in [0.15, 0.2) is 0 Å². The number of nitrogens with one attached hydrogen (secondary N) is 1. The van der Waals surface area contributed by atoms with E-state index >= 15 is 0 Å². The van der Waals surface area contributed by atoms with Gasteiger partial charge in [-0.1, -0.05) is 0 Å². The molecule has 4 nitrogen and oxygen atoms in total.